The van der Waals surface area contributed by atoms with Crippen LogP contribution in [-0.2, 0) is 19.1 Å². The predicted octanol–water partition coefficient (Wildman–Crippen LogP) is 4.03. The van der Waals surface area contributed by atoms with Crippen LogP contribution >= 0.6 is 0 Å². The number of esters is 2. The second-order valence-electron chi connectivity index (χ2n) is 11.0. The summed E-state index contributed by atoms with van der Waals surface area (Å²) in [5.41, 5.74) is 8.40. The van der Waals surface area contributed by atoms with Gasteiger partial charge in [0.05, 0.1) is 19.1 Å². The topological polar surface area (TPSA) is 232 Å². The molecule has 16 heteroatoms. The number of amides is 2. The molecule has 0 spiro atoms. The molecular formula is C32H36N6O10. The van der Waals surface area contributed by atoms with Crippen molar-refractivity contribution in [3.8, 4) is 22.5 Å². The van der Waals surface area contributed by atoms with Crippen LogP contribution in [0.1, 0.15) is 48.8 Å². The maximum Gasteiger partial charge on any atom is 0.328 e. The van der Waals surface area contributed by atoms with Crippen molar-refractivity contribution in [1.82, 2.24) is 20.9 Å². The summed E-state index contributed by atoms with van der Waals surface area (Å²) in [6.45, 7) is 7.15. The number of nitro groups is 1. The van der Waals surface area contributed by atoms with E-state index in [4.69, 9.17) is 14.8 Å². The first-order valence-electron chi connectivity index (χ1n) is 14.6. The van der Waals surface area contributed by atoms with Crippen LogP contribution in [0.5, 0.6) is 0 Å². The van der Waals surface area contributed by atoms with Crippen molar-refractivity contribution in [2.75, 3.05) is 20.0 Å². The maximum atomic E-state index is 12.2. The minimum Gasteiger partial charge on any atom is -0.467 e. The van der Waals surface area contributed by atoms with Crippen molar-refractivity contribution in [2.24, 2.45) is 11.8 Å². The fourth-order valence-corrected chi connectivity index (χ4v) is 4.12. The van der Waals surface area contributed by atoms with Gasteiger partial charge in [-0.25, -0.2) is 9.59 Å². The number of hydrogen-bond donors (Lipinski definition) is 3. The van der Waals surface area contributed by atoms with Gasteiger partial charge in [-0.2, -0.15) is 0 Å². The van der Waals surface area contributed by atoms with Crippen LogP contribution in [0, 0.1) is 22.0 Å². The molecule has 16 nitrogen and oxygen atoms in total. The van der Waals surface area contributed by atoms with Crippen LogP contribution in [-0.4, -0.2) is 65.3 Å². The Labute approximate surface area is 275 Å². The number of nitrogens with zero attached hydrogens (tertiary/aromatic N) is 3. The number of ether oxygens (including phenoxy) is 2. The molecule has 2 unspecified atom stereocenters. The standard InChI is InChI=1S/C16H17N3O6.C16H19N3O4/c1-9(2)14(16(21)24-3)17-15(20)13-8-12(18-25-13)10-4-6-11(7-5-10)19(22)23;1-9(2)14(16(21)22-3)18-15(20)13-8-12(19-23-13)10-4-6-11(17)7-5-10/h4-9,14H,1-3H3,(H,17,20);4-9,14H,17H2,1-3H3,(H,18,20). The van der Waals surface area contributed by atoms with E-state index in [2.05, 4.69) is 30.4 Å². The van der Waals surface area contributed by atoms with E-state index < -0.39 is 40.8 Å². The molecular weight excluding hydrogens is 628 g/mol. The number of carbonyl (C=O) groups is 4. The van der Waals surface area contributed by atoms with Gasteiger partial charge in [0.1, 0.15) is 23.5 Å². The molecule has 2 amide bonds. The highest BCUT2D eigenvalue weighted by molar-refractivity contribution is 5.96. The number of aromatic nitrogens is 2. The second kappa shape index (κ2) is 16.5. The molecule has 0 radical (unpaired) electrons. The smallest absolute Gasteiger partial charge is 0.328 e. The van der Waals surface area contributed by atoms with Gasteiger partial charge < -0.3 is 34.9 Å². The van der Waals surface area contributed by atoms with E-state index in [0.29, 0.717) is 22.6 Å². The summed E-state index contributed by atoms with van der Waals surface area (Å²) in [5.74, 6) is -2.55. The van der Waals surface area contributed by atoms with Gasteiger partial charge in [-0.15, -0.1) is 0 Å². The molecule has 48 heavy (non-hydrogen) atoms. The Balaban J connectivity index is 0.000000261. The first-order chi connectivity index (χ1) is 22.7. The number of benzene rings is 2. The molecule has 0 saturated carbocycles. The van der Waals surface area contributed by atoms with Crippen LogP contribution in [0.15, 0.2) is 69.7 Å². The number of rotatable bonds is 11. The number of nitrogens with one attached hydrogen (secondary N) is 2. The molecule has 0 bridgehead atoms. The molecule has 2 heterocycles. The Morgan fingerprint density at radius 3 is 1.44 bits per heavy atom. The number of anilines is 1. The van der Waals surface area contributed by atoms with Crippen molar-refractivity contribution < 1.29 is 42.6 Å². The first-order valence-corrected chi connectivity index (χ1v) is 14.6. The number of nitrogen functional groups attached to an aromatic ring is 1. The molecule has 0 aliphatic rings. The van der Waals surface area contributed by atoms with Gasteiger partial charge in [0.15, 0.2) is 0 Å². The van der Waals surface area contributed by atoms with E-state index in [-0.39, 0.29) is 29.0 Å². The molecule has 4 N–H and O–H groups in total. The average Bonchev–Trinajstić information content (AvgIpc) is 3.77. The molecule has 4 aromatic rings. The Morgan fingerprint density at radius 2 is 1.10 bits per heavy atom. The fraction of sp³-hybridized carbons (Fsp3) is 0.312. The van der Waals surface area contributed by atoms with Gasteiger partial charge in [0.25, 0.3) is 17.5 Å². The highest BCUT2D eigenvalue weighted by atomic mass is 16.6. The second-order valence-corrected chi connectivity index (χ2v) is 11.0. The van der Waals surface area contributed by atoms with Gasteiger partial charge in [0.2, 0.25) is 11.5 Å². The molecule has 0 aliphatic heterocycles. The SMILES string of the molecule is COC(=O)C(NC(=O)c1cc(-c2ccc(N)cc2)no1)C(C)C.COC(=O)C(NC(=O)c1cc(-c2ccc([N+](=O)[O-])cc2)no1)C(C)C. The average molecular weight is 665 g/mol. The highest BCUT2D eigenvalue weighted by Gasteiger charge is 2.28. The largest absolute Gasteiger partial charge is 0.467 e. The number of methoxy groups -OCH3 is 2. The summed E-state index contributed by atoms with van der Waals surface area (Å²) in [6, 6.07) is 14.0. The van der Waals surface area contributed by atoms with Crippen molar-refractivity contribution in [3.05, 3.63) is 82.3 Å². The number of nitrogens with two attached hydrogens (primary N) is 1. The molecule has 2 aromatic carbocycles. The van der Waals surface area contributed by atoms with E-state index in [1.807, 2.05) is 13.8 Å². The minimum atomic E-state index is -0.814. The Hall–Kier alpha value is -6.06. The third kappa shape index (κ3) is 9.48. The Bertz CT molecular complexity index is 1730. The molecule has 4 rings (SSSR count). The highest BCUT2D eigenvalue weighted by Crippen LogP contribution is 2.23. The fourth-order valence-electron chi connectivity index (χ4n) is 4.12. The normalized spacial score (nSPS) is 11.9. The van der Waals surface area contributed by atoms with Crippen molar-refractivity contribution in [2.45, 2.75) is 39.8 Å². The summed E-state index contributed by atoms with van der Waals surface area (Å²) in [7, 11) is 2.52. The molecule has 0 aliphatic carbocycles. The molecule has 0 saturated heterocycles. The predicted molar refractivity (Wildman–Crippen MR) is 171 cm³/mol. The van der Waals surface area contributed by atoms with Crippen LogP contribution in [0.4, 0.5) is 11.4 Å². The van der Waals surface area contributed by atoms with Gasteiger partial charge >= 0.3 is 11.9 Å². The zero-order valence-electron chi connectivity index (χ0n) is 27.1. The molecule has 254 valence electrons. The maximum absolute atomic E-state index is 12.2. The summed E-state index contributed by atoms with van der Waals surface area (Å²) >= 11 is 0. The first kappa shape index (κ1) is 36.4. The van der Waals surface area contributed by atoms with Crippen LogP contribution in [0.2, 0.25) is 0 Å². The number of non-ortho nitro benzene ring substituents is 1. The van der Waals surface area contributed by atoms with Crippen molar-refractivity contribution in [3.63, 3.8) is 0 Å². The van der Waals surface area contributed by atoms with Crippen LogP contribution in [0.3, 0.4) is 0 Å². The van der Waals surface area contributed by atoms with E-state index in [1.54, 1.807) is 38.1 Å². The lowest BCUT2D eigenvalue weighted by Crippen LogP contribution is -2.44. The lowest BCUT2D eigenvalue weighted by molar-refractivity contribution is -0.384. The van der Waals surface area contributed by atoms with Gasteiger partial charge in [-0.1, -0.05) is 50.1 Å². The monoisotopic (exact) mass is 664 g/mol. The van der Waals surface area contributed by atoms with E-state index in [9.17, 15) is 29.3 Å². The Morgan fingerprint density at radius 1 is 0.729 bits per heavy atom. The van der Waals surface area contributed by atoms with Crippen molar-refractivity contribution >= 4 is 35.1 Å². The van der Waals surface area contributed by atoms with Gasteiger partial charge in [-0.3, -0.25) is 19.7 Å². The number of carbonyl (C=O) groups excluding carboxylic acids is 4. The molecule has 2 aromatic heterocycles. The Kier molecular flexibility index (Phi) is 12.5. The number of nitro benzene ring substituents is 1. The van der Waals surface area contributed by atoms with Gasteiger partial charge in [-0.05, 0) is 36.1 Å². The number of hydrogen-bond acceptors (Lipinski definition) is 13. The summed E-state index contributed by atoms with van der Waals surface area (Å²) < 4.78 is 19.4. The lowest BCUT2D eigenvalue weighted by Gasteiger charge is -2.18. The molecule has 2 atom stereocenters. The summed E-state index contributed by atoms with van der Waals surface area (Å²) in [5, 5.41) is 23.4. The van der Waals surface area contributed by atoms with E-state index in [0.717, 1.165) is 5.56 Å². The molecule has 0 fully saturated rings. The van der Waals surface area contributed by atoms with E-state index in [1.165, 1.54) is 50.6 Å². The summed E-state index contributed by atoms with van der Waals surface area (Å²) in [4.78, 5) is 58.0. The third-order valence-corrected chi connectivity index (χ3v) is 6.86. The quantitative estimate of drug-likeness (QED) is 0.0890. The zero-order valence-corrected chi connectivity index (χ0v) is 27.1. The zero-order chi connectivity index (χ0) is 35.5. The third-order valence-electron chi connectivity index (χ3n) is 6.86. The lowest BCUT2D eigenvalue weighted by atomic mass is 10.0. The van der Waals surface area contributed by atoms with Crippen LogP contribution in [0.25, 0.3) is 22.5 Å². The van der Waals surface area contributed by atoms with Crippen molar-refractivity contribution in [1.29, 1.82) is 0 Å². The van der Waals surface area contributed by atoms with Crippen LogP contribution < -0.4 is 16.4 Å². The van der Waals surface area contributed by atoms with E-state index >= 15 is 0 Å². The van der Waals surface area contributed by atoms with Gasteiger partial charge in [0, 0.05) is 41.1 Å². The minimum absolute atomic E-state index is 0.0198. The summed E-state index contributed by atoms with van der Waals surface area (Å²) in [6.07, 6.45) is 0.